The van der Waals surface area contributed by atoms with Crippen molar-refractivity contribution in [3.63, 3.8) is 0 Å². The number of hydrogen-bond donors (Lipinski definition) is 1. The molecule has 2 heterocycles. The zero-order valence-corrected chi connectivity index (χ0v) is 16.7. The number of imide groups is 2. The summed E-state index contributed by atoms with van der Waals surface area (Å²) < 4.78 is 0. The van der Waals surface area contributed by atoms with Gasteiger partial charge >= 0.3 is 12.1 Å². The summed E-state index contributed by atoms with van der Waals surface area (Å²) in [6.07, 6.45) is 0. The van der Waals surface area contributed by atoms with Crippen molar-refractivity contribution in [1.29, 1.82) is 0 Å². The van der Waals surface area contributed by atoms with Crippen LogP contribution in [0.15, 0.2) is 48.5 Å². The summed E-state index contributed by atoms with van der Waals surface area (Å²) in [7, 11) is 0. The molecule has 0 aliphatic carbocycles. The molecule has 2 saturated heterocycles. The summed E-state index contributed by atoms with van der Waals surface area (Å²) in [5.41, 5.74) is 6.94. The minimum Gasteiger partial charge on any atom is -0.399 e. The van der Waals surface area contributed by atoms with Gasteiger partial charge in [-0.3, -0.25) is 34.4 Å². The van der Waals surface area contributed by atoms with Crippen LogP contribution in [0, 0.1) is 10.1 Å². The monoisotopic (exact) mass is 438 g/mol. The summed E-state index contributed by atoms with van der Waals surface area (Å²) in [6.45, 7) is -0.678. The number of carbonyl (C=O) groups is 4. The van der Waals surface area contributed by atoms with Crippen molar-refractivity contribution in [1.82, 2.24) is 14.7 Å². The van der Waals surface area contributed by atoms with Crippen molar-refractivity contribution in [2.45, 2.75) is 6.54 Å². The Morgan fingerprint density at radius 3 is 2.06 bits per heavy atom. The number of nitro groups is 1. The van der Waals surface area contributed by atoms with Gasteiger partial charge in [0.25, 0.3) is 17.5 Å². The van der Waals surface area contributed by atoms with Gasteiger partial charge in [0.1, 0.15) is 19.8 Å². The Labute approximate surface area is 181 Å². The van der Waals surface area contributed by atoms with Crippen molar-refractivity contribution in [3.8, 4) is 0 Å². The van der Waals surface area contributed by atoms with Gasteiger partial charge in [-0.2, -0.15) is 0 Å². The molecule has 32 heavy (non-hydrogen) atoms. The number of urea groups is 2. The van der Waals surface area contributed by atoms with Gasteiger partial charge in [-0.15, -0.1) is 0 Å². The molecule has 6 amide bonds. The first-order valence-electron chi connectivity index (χ1n) is 9.54. The second-order valence-corrected chi connectivity index (χ2v) is 7.33. The molecule has 0 saturated carbocycles. The zero-order valence-electron chi connectivity index (χ0n) is 16.7. The Hall–Kier alpha value is -4.48. The van der Waals surface area contributed by atoms with Gasteiger partial charge in [-0.05, 0) is 29.8 Å². The molecule has 2 aromatic carbocycles. The fourth-order valence-electron chi connectivity index (χ4n) is 3.51. The highest BCUT2D eigenvalue weighted by Gasteiger charge is 2.42. The third-order valence-corrected chi connectivity index (χ3v) is 5.15. The predicted octanol–water partition coefficient (Wildman–Crippen LogP) is 1.37. The average Bonchev–Trinajstić information content (AvgIpc) is 3.19. The second-order valence-electron chi connectivity index (χ2n) is 7.33. The van der Waals surface area contributed by atoms with Gasteiger partial charge in [0.2, 0.25) is 0 Å². The van der Waals surface area contributed by atoms with E-state index in [2.05, 4.69) is 0 Å². The molecule has 2 aliphatic rings. The molecule has 12 nitrogen and oxygen atoms in total. The molecule has 164 valence electrons. The zero-order chi connectivity index (χ0) is 23.0. The highest BCUT2D eigenvalue weighted by Crippen LogP contribution is 2.25. The Bertz CT molecular complexity index is 1120. The fourth-order valence-corrected chi connectivity index (χ4v) is 3.51. The maximum atomic E-state index is 12.8. The van der Waals surface area contributed by atoms with E-state index in [0.29, 0.717) is 5.69 Å². The van der Waals surface area contributed by atoms with E-state index in [9.17, 15) is 29.3 Å². The van der Waals surface area contributed by atoms with Crippen LogP contribution in [0.25, 0.3) is 0 Å². The van der Waals surface area contributed by atoms with Crippen LogP contribution in [0.4, 0.5) is 26.7 Å². The van der Waals surface area contributed by atoms with E-state index in [4.69, 9.17) is 5.73 Å². The van der Waals surface area contributed by atoms with Crippen molar-refractivity contribution in [2.24, 2.45) is 0 Å². The summed E-state index contributed by atoms with van der Waals surface area (Å²) in [6, 6.07) is 10.5. The molecule has 0 unspecified atom stereocenters. The molecule has 2 aliphatic heterocycles. The molecule has 2 N–H and O–H groups in total. The van der Waals surface area contributed by atoms with E-state index in [-0.39, 0.29) is 37.7 Å². The smallest absolute Gasteiger partial charge is 0.333 e. The van der Waals surface area contributed by atoms with Crippen LogP contribution in [0.5, 0.6) is 0 Å². The Kier molecular flexibility index (Phi) is 5.18. The lowest BCUT2D eigenvalue weighted by atomic mass is 10.2. The van der Waals surface area contributed by atoms with Crippen LogP contribution in [-0.4, -0.2) is 63.3 Å². The maximum Gasteiger partial charge on any atom is 0.333 e. The summed E-state index contributed by atoms with van der Waals surface area (Å²) >= 11 is 0. The number of rotatable bonds is 6. The van der Waals surface area contributed by atoms with Gasteiger partial charge in [0.15, 0.2) is 0 Å². The lowest BCUT2D eigenvalue weighted by Gasteiger charge is -2.23. The molecule has 0 aromatic heterocycles. The van der Waals surface area contributed by atoms with Gasteiger partial charge < -0.3 is 5.73 Å². The number of carbonyl (C=O) groups excluding carboxylic acids is 4. The summed E-state index contributed by atoms with van der Waals surface area (Å²) in [5, 5.41) is 10.8. The third kappa shape index (κ3) is 3.80. The van der Waals surface area contributed by atoms with Crippen LogP contribution in [0.2, 0.25) is 0 Å². The first-order chi connectivity index (χ1) is 15.2. The van der Waals surface area contributed by atoms with Crippen LogP contribution in [-0.2, 0) is 16.1 Å². The molecule has 0 spiro atoms. The van der Waals surface area contributed by atoms with E-state index in [1.807, 2.05) is 0 Å². The quantitative estimate of drug-likeness (QED) is 0.310. The van der Waals surface area contributed by atoms with Gasteiger partial charge in [0.05, 0.1) is 17.2 Å². The Balaban J connectivity index is 1.44. The maximum absolute atomic E-state index is 12.8. The van der Waals surface area contributed by atoms with E-state index < -0.39 is 28.8 Å². The van der Waals surface area contributed by atoms with Crippen LogP contribution in [0.1, 0.15) is 5.56 Å². The van der Waals surface area contributed by atoms with Crippen LogP contribution < -0.4 is 10.6 Å². The molecule has 0 bridgehead atoms. The number of anilines is 2. The van der Waals surface area contributed by atoms with Gasteiger partial charge in [-0.1, -0.05) is 12.1 Å². The molecule has 0 atom stereocenters. The highest BCUT2D eigenvalue weighted by atomic mass is 16.6. The second kappa shape index (κ2) is 7.98. The number of nitro benzene ring substituents is 1. The Morgan fingerprint density at radius 2 is 1.44 bits per heavy atom. The van der Waals surface area contributed by atoms with Crippen molar-refractivity contribution >= 4 is 40.9 Å². The van der Waals surface area contributed by atoms with Crippen LogP contribution in [0.3, 0.4) is 0 Å². The summed E-state index contributed by atoms with van der Waals surface area (Å²) in [4.78, 5) is 64.7. The van der Waals surface area contributed by atoms with Crippen molar-refractivity contribution in [3.05, 3.63) is 64.2 Å². The average molecular weight is 438 g/mol. The molecule has 2 aromatic rings. The first-order valence-corrected chi connectivity index (χ1v) is 9.54. The largest absolute Gasteiger partial charge is 0.399 e. The predicted molar refractivity (Wildman–Crippen MR) is 111 cm³/mol. The van der Waals surface area contributed by atoms with Crippen molar-refractivity contribution in [2.75, 3.05) is 30.4 Å². The number of nitrogens with two attached hydrogens (primary N) is 1. The summed E-state index contributed by atoms with van der Waals surface area (Å²) in [5.74, 6) is -0.961. The normalized spacial score (nSPS) is 16.5. The topological polar surface area (TPSA) is 150 Å². The number of nitrogens with zero attached hydrogens (tertiary/aromatic N) is 5. The minimum atomic E-state index is -0.680. The molecular weight excluding hydrogens is 420 g/mol. The number of non-ortho nitro benzene ring substituents is 1. The van der Waals surface area contributed by atoms with E-state index in [1.165, 1.54) is 29.2 Å². The standard InChI is InChI=1S/C20H18N6O6/c21-14-3-1-13(2-4-14)9-24-17(27)10-22(19(24)29)12-23-11-18(28)25(20(23)30)15-5-7-16(8-6-15)26(31)32/h1-8H,9-12,21H2. The molecule has 2 fully saturated rings. The number of amides is 6. The molecular formula is C20H18N6O6. The van der Waals surface area contributed by atoms with Crippen LogP contribution >= 0.6 is 0 Å². The number of nitrogen functional groups attached to an aromatic ring is 1. The van der Waals surface area contributed by atoms with E-state index in [1.54, 1.807) is 24.3 Å². The van der Waals surface area contributed by atoms with Gasteiger partial charge in [0, 0.05) is 17.8 Å². The molecule has 4 rings (SSSR count). The fraction of sp³-hybridized carbons (Fsp3) is 0.200. The van der Waals surface area contributed by atoms with E-state index in [0.717, 1.165) is 20.3 Å². The third-order valence-electron chi connectivity index (χ3n) is 5.15. The Morgan fingerprint density at radius 1 is 0.844 bits per heavy atom. The lowest BCUT2D eigenvalue weighted by molar-refractivity contribution is -0.384. The first kappa shape index (κ1) is 20.8. The minimum absolute atomic E-state index is 0.0657. The molecule has 0 radical (unpaired) electrons. The molecule has 12 heteroatoms. The van der Waals surface area contributed by atoms with Crippen molar-refractivity contribution < 1.29 is 24.1 Å². The lowest BCUT2D eigenvalue weighted by Crippen LogP contribution is -2.42. The van der Waals surface area contributed by atoms with E-state index >= 15 is 0 Å². The number of hydrogen-bond acceptors (Lipinski definition) is 7. The highest BCUT2D eigenvalue weighted by molar-refractivity contribution is 6.19. The SMILES string of the molecule is Nc1ccc(CN2C(=O)CN(CN3CC(=O)N(c4ccc([N+](=O)[O-])cc4)C3=O)C2=O)cc1. The number of benzene rings is 2. The van der Waals surface area contributed by atoms with Gasteiger partial charge in [-0.25, -0.2) is 14.5 Å².